The summed E-state index contributed by atoms with van der Waals surface area (Å²) in [6, 6.07) is 9.11. The van der Waals surface area contributed by atoms with Crippen molar-refractivity contribution >= 4 is 40.9 Å². The molecule has 3 rings (SSSR count). The van der Waals surface area contributed by atoms with Gasteiger partial charge in [0.25, 0.3) is 0 Å². The molecule has 3 aromatic rings. The molecular weight excluding hydrogens is 344 g/mol. The molecule has 0 bridgehead atoms. The van der Waals surface area contributed by atoms with Gasteiger partial charge in [-0.1, -0.05) is 18.5 Å². The molecule has 0 aliphatic heterocycles. The van der Waals surface area contributed by atoms with E-state index in [4.69, 9.17) is 11.6 Å². The number of aryl methyl sites for hydroxylation is 1. The Morgan fingerprint density at radius 2 is 1.96 bits per heavy atom. The lowest BCUT2D eigenvalue weighted by molar-refractivity contribution is -0.108. The number of anilines is 2. The maximum atomic E-state index is 11.0. The van der Waals surface area contributed by atoms with E-state index in [-0.39, 0.29) is 5.92 Å². The van der Waals surface area contributed by atoms with E-state index >= 15 is 0 Å². The molecule has 0 fully saturated rings. The van der Waals surface area contributed by atoms with E-state index in [1.807, 2.05) is 26.0 Å². The highest BCUT2D eigenvalue weighted by Gasteiger charge is 2.15. The summed E-state index contributed by atoms with van der Waals surface area (Å²) >= 11 is 7.37. The fourth-order valence-electron chi connectivity index (χ4n) is 2.20. The predicted octanol–water partition coefficient (Wildman–Crippen LogP) is 4.61. The number of halogens is 1. The Balaban J connectivity index is 1.87. The zero-order valence-corrected chi connectivity index (χ0v) is 14.7. The minimum absolute atomic E-state index is 0.162. The summed E-state index contributed by atoms with van der Waals surface area (Å²) in [5.74, 6) is 0.317. The molecule has 0 aliphatic rings. The van der Waals surface area contributed by atoms with Crippen LogP contribution in [0, 0.1) is 6.92 Å². The van der Waals surface area contributed by atoms with Gasteiger partial charge in [0.1, 0.15) is 17.0 Å². The van der Waals surface area contributed by atoms with Crippen LogP contribution in [0.2, 0.25) is 5.02 Å². The van der Waals surface area contributed by atoms with Crippen molar-refractivity contribution in [2.45, 2.75) is 19.8 Å². The molecule has 0 radical (unpaired) electrons. The Morgan fingerprint density at radius 3 is 2.67 bits per heavy atom. The zero-order chi connectivity index (χ0) is 17.1. The van der Waals surface area contributed by atoms with E-state index in [9.17, 15) is 4.79 Å². The number of hydrogen-bond donors (Lipinski definition) is 1. The number of nitrogens with one attached hydrogen (secondary N) is 1. The molecule has 0 saturated carbocycles. The van der Waals surface area contributed by atoms with Crippen molar-refractivity contribution in [3.8, 4) is 10.7 Å². The van der Waals surface area contributed by atoms with Crippen molar-refractivity contribution in [1.82, 2.24) is 15.0 Å². The lowest BCUT2D eigenvalue weighted by atomic mass is 10.1. The molecule has 5 nitrogen and oxygen atoms in total. The van der Waals surface area contributed by atoms with Crippen LogP contribution in [-0.4, -0.2) is 21.2 Å². The normalized spacial score (nSPS) is 12.0. The molecule has 1 unspecified atom stereocenters. The van der Waals surface area contributed by atoms with Gasteiger partial charge in [-0.15, -0.1) is 11.3 Å². The first kappa shape index (κ1) is 16.5. The molecule has 122 valence electrons. The number of thiazole rings is 1. The second-order valence-electron chi connectivity index (χ2n) is 5.29. The van der Waals surface area contributed by atoms with E-state index in [1.165, 1.54) is 11.3 Å². The van der Waals surface area contributed by atoms with Gasteiger partial charge >= 0.3 is 0 Å². The molecule has 1 aromatic carbocycles. The Labute approximate surface area is 148 Å². The summed E-state index contributed by atoms with van der Waals surface area (Å²) in [6.07, 6.45) is 2.61. The third-order valence-corrected chi connectivity index (χ3v) is 5.06. The van der Waals surface area contributed by atoms with E-state index in [1.54, 1.807) is 24.4 Å². The summed E-state index contributed by atoms with van der Waals surface area (Å²) in [4.78, 5) is 25.2. The van der Waals surface area contributed by atoms with Gasteiger partial charge in [0.2, 0.25) is 5.95 Å². The molecule has 0 spiro atoms. The molecule has 2 heterocycles. The molecule has 0 saturated heterocycles. The number of carbonyl (C=O) groups is 1. The third-order valence-electron chi connectivity index (χ3n) is 3.43. The third kappa shape index (κ3) is 3.60. The molecular formula is C17H15ClN4OS. The minimum atomic E-state index is -0.162. The number of benzene rings is 1. The average molecular weight is 359 g/mol. The van der Waals surface area contributed by atoms with Crippen LogP contribution in [0.4, 0.5) is 11.6 Å². The van der Waals surface area contributed by atoms with Gasteiger partial charge in [0.15, 0.2) is 0 Å². The SMILES string of the molecule is Cc1nc(-c2ccnc(Nc3ccc(Cl)cc3)n2)sc1C(C)C=O. The topological polar surface area (TPSA) is 67.8 Å². The first-order valence-corrected chi connectivity index (χ1v) is 8.55. The van der Waals surface area contributed by atoms with E-state index in [0.717, 1.165) is 33.2 Å². The van der Waals surface area contributed by atoms with Crippen molar-refractivity contribution in [3.63, 3.8) is 0 Å². The highest BCUT2D eigenvalue weighted by atomic mass is 35.5. The summed E-state index contributed by atoms with van der Waals surface area (Å²) in [7, 11) is 0. The van der Waals surface area contributed by atoms with Crippen molar-refractivity contribution in [2.24, 2.45) is 0 Å². The van der Waals surface area contributed by atoms with Crippen molar-refractivity contribution < 1.29 is 4.79 Å². The van der Waals surface area contributed by atoms with Gasteiger partial charge in [0.05, 0.1) is 5.69 Å². The van der Waals surface area contributed by atoms with Crippen LogP contribution in [0.5, 0.6) is 0 Å². The number of aromatic nitrogens is 3. The van der Waals surface area contributed by atoms with E-state index in [2.05, 4.69) is 20.3 Å². The summed E-state index contributed by atoms with van der Waals surface area (Å²) in [5.41, 5.74) is 2.43. The van der Waals surface area contributed by atoms with Gasteiger partial charge in [-0.3, -0.25) is 0 Å². The Morgan fingerprint density at radius 1 is 1.21 bits per heavy atom. The Hall–Kier alpha value is -2.31. The first-order chi connectivity index (χ1) is 11.6. The number of rotatable bonds is 5. The van der Waals surface area contributed by atoms with Crippen LogP contribution < -0.4 is 5.32 Å². The highest BCUT2D eigenvalue weighted by molar-refractivity contribution is 7.15. The Kier molecular flexibility index (Phi) is 4.87. The largest absolute Gasteiger partial charge is 0.324 e. The lowest BCUT2D eigenvalue weighted by Crippen LogP contribution is -1.97. The van der Waals surface area contributed by atoms with Crippen LogP contribution in [-0.2, 0) is 4.79 Å². The number of hydrogen-bond acceptors (Lipinski definition) is 6. The van der Waals surface area contributed by atoms with Gasteiger partial charge < -0.3 is 10.1 Å². The fraction of sp³-hybridized carbons (Fsp3) is 0.176. The molecule has 2 aromatic heterocycles. The summed E-state index contributed by atoms with van der Waals surface area (Å²) < 4.78 is 0. The summed E-state index contributed by atoms with van der Waals surface area (Å²) in [6.45, 7) is 3.77. The molecule has 1 N–H and O–H groups in total. The average Bonchev–Trinajstić information content (AvgIpc) is 2.98. The predicted molar refractivity (Wildman–Crippen MR) is 97.1 cm³/mol. The maximum absolute atomic E-state index is 11.0. The smallest absolute Gasteiger partial charge is 0.227 e. The number of carbonyl (C=O) groups excluding carboxylic acids is 1. The number of nitrogens with zero attached hydrogens (tertiary/aromatic N) is 3. The maximum Gasteiger partial charge on any atom is 0.227 e. The van der Waals surface area contributed by atoms with Crippen LogP contribution >= 0.6 is 22.9 Å². The molecule has 24 heavy (non-hydrogen) atoms. The second-order valence-corrected chi connectivity index (χ2v) is 6.76. The van der Waals surface area contributed by atoms with Crippen molar-refractivity contribution in [1.29, 1.82) is 0 Å². The van der Waals surface area contributed by atoms with Crippen molar-refractivity contribution in [2.75, 3.05) is 5.32 Å². The highest BCUT2D eigenvalue weighted by Crippen LogP contribution is 2.31. The standard InChI is InChI=1S/C17H15ClN4OS/c1-10(9-23)15-11(2)20-16(24-15)14-7-8-19-17(22-14)21-13-5-3-12(18)4-6-13/h3-10H,1-2H3,(H,19,21,22). The van der Waals surface area contributed by atoms with Gasteiger partial charge in [-0.05, 0) is 37.3 Å². The van der Waals surface area contributed by atoms with Crippen LogP contribution in [0.3, 0.4) is 0 Å². The van der Waals surface area contributed by atoms with Gasteiger partial charge in [0, 0.05) is 27.7 Å². The van der Waals surface area contributed by atoms with E-state index < -0.39 is 0 Å². The lowest BCUT2D eigenvalue weighted by Gasteiger charge is -2.05. The molecule has 0 amide bonds. The fourth-order valence-corrected chi connectivity index (χ4v) is 3.37. The Bertz CT molecular complexity index is 863. The summed E-state index contributed by atoms with van der Waals surface area (Å²) in [5, 5.41) is 4.58. The molecule has 7 heteroatoms. The van der Waals surface area contributed by atoms with Crippen LogP contribution in [0.25, 0.3) is 10.7 Å². The van der Waals surface area contributed by atoms with Crippen LogP contribution in [0.15, 0.2) is 36.5 Å². The van der Waals surface area contributed by atoms with Gasteiger partial charge in [-0.2, -0.15) is 0 Å². The van der Waals surface area contributed by atoms with Crippen molar-refractivity contribution in [3.05, 3.63) is 52.1 Å². The quantitative estimate of drug-likeness (QED) is 0.674. The second kappa shape index (κ2) is 7.07. The van der Waals surface area contributed by atoms with E-state index in [0.29, 0.717) is 11.0 Å². The minimum Gasteiger partial charge on any atom is -0.324 e. The number of aldehydes is 1. The van der Waals surface area contributed by atoms with Gasteiger partial charge in [-0.25, -0.2) is 15.0 Å². The van der Waals surface area contributed by atoms with Crippen LogP contribution in [0.1, 0.15) is 23.4 Å². The molecule has 0 aliphatic carbocycles. The first-order valence-electron chi connectivity index (χ1n) is 7.35. The molecule has 1 atom stereocenters. The monoisotopic (exact) mass is 358 g/mol. The zero-order valence-electron chi connectivity index (χ0n) is 13.2.